The fourth-order valence-electron chi connectivity index (χ4n) is 1.51. The molecule has 1 aromatic carbocycles. The monoisotopic (exact) mass is 338 g/mol. The van der Waals surface area contributed by atoms with Crippen molar-refractivity contribution >= 4 is 21.6 Å². The second-order valence-electron chi connectivity index (χ2n) is 3.85. The molecule has 7 nitrogen and oxygen atoms in total. The van der Waals surface area contributed by atoms with Crippen LogP contribution in [0.5, 0.6) is 11.8 Å². The van der Waals surface area contributed by atoms with Gasteiger partial charge < -0.3 is 10.1 Å². The van der Waals surface area contributed by atoms with Crippen molar-refractivity contribution in [1.29, 1.82) is 0 Å². The van der Waals surface area contributed by atoms with E-state index in [-0.39, 0.29) is 16.2 Å². The summed E-state index contributed by atoms with van der Waals surface area (Å²) in [6.07, 6.45) is 3.26. The van der Waals surface area contributed by atoms with Crippen molar-refractivity contribution in [2.24, 2.45) is 0 Å². The van der Waals surface area contributed by atoms with Crippen LogP contribution in [-0.4, -0.2) is 21.9 Å². The maximum absolute atomic E-state index is 10.8. The molecular formula is C12H11BrN4O3. The molecule has 0 saturated heterocycles. The van der Waals surface area contributed by atoms with Crippen LogP contribution in [0.4, 0.5) is 5.69 Å². The summed E-state index contributed by atoms with van der Waals surface area (Å²) >= 11 is 3.15. The van der Waals surface area contributed by atoms with Gasteiger partial charge in [-0.2, -0.15) is 0 Å². The van der Waals surface area contributed by atoms with Crippen molar-refractivity contribution in [1.82, 2.24) is 15.3 Å². The Morgan fingerprint density at radius 2 is 2.10 bits per heavy atom. The average molecular weight is 339 g/mol. The second-order valence-corrected chi connectivity index (χ2v) is 4.65. The molecule has 8 heteroatoms. The van der Waals surface area contributed by atoms with Gasteiger partial charge in [-0.05, 0) is 29.0 Å². The standard InChI is InChI=1S/C12H11BrN4O3/c1-14-5-8-6-15-12(16-7-8)20-10-4-2-3-9(11(10)13)17(18)19/h2-4,6-7,14H,5H2,1H3. The highest BCUT2D eigenvalue weighted by atomic mass is 79.9. The van der Waals surface area contributed by atoms with E-state index in [0.717, 1.165) is 5.56 Å². The van der Waals surface area contributed by atoms with Crippen molar-refractivity contribution in [3.63, 3.8) is 0 Å². The number of hydrogen-bond acceptors (Lipinski definition) is 6. The number of nitrogens with one attached hydrogen (secondary N) is 1. The molecule has 0 aliphatic carbocycles. The lowest BCUT2D eigenvalue weighted by molar-refractivity contribution is -0.385. The molecule has 0 radical (unpaired) electrons. The number of nitro benzene ring substituents is 1. The summed E-state index contributed by atoms with van der Waals surface area (Å²) in [5, 5.41) is 13.8. The Morgan fingerprint density at radius 3 is 2.70 bits per heavy atom. The second kappa shape index (κ2) is 6.40. The van der Waals surface area contributed by atoms with Gasteiger partial charge in [-0.1, -0.05) is 6.07 Å². The molecule has 0 spiro atoms. The van der Waals surface area contributed by atoms with Gasteiger partial charge in [0, 0.05) is 30.6 Å². The molecule has 0 aliphatic heterocycles. The summed E-state index contributed by atoms with van der Waals surface area (Å²) in [4.78, 5) is 18.4. The summed E-state index contributed by atoms with van der Waals surface area (Å²) in [6, 6.07) is 4.65. The minimum absolute atomic E-state index is 0.0747. The van der Waals surface area contributed by atoms with Gasteiger partial charge in [0.2, 0.25) is 0 Å². The van der Waals surface area contributed by atoms with Crippen molar-refractivity contribution in [2.45, 2.75) is 6.54 Å². The summed E-state index contributed by atoms with van der Waals surface area (Å²) in [6.45, 7) is 0.654. The molecule has 1 aromatic heterocycles. The van der Waals surface area contributed by atoms with E-state index in [9.17, 15) is 10.1 Å². The molecule has 0 unspecified atom stereocenters. The number of benzene rings is 1. The number of hydrogen-bond donors (Lipinski definition) is 1. The fraction of sp³-hybridized carbons (Fsp3) is 0.167. The van der Waals surface area contributed by atoms with Gasteiger partial charge in [0.05, 0.1) is 4.92 Å². The van der Waals surface area contributed by atoms with E-state index in [1.165, 1.54) is 12.1 Å². The molecule has 0 amide bonds. The predicted molar refractivity (Wildman–Crippen MR) is 75.7 cm³/mol. The van der Waals surface area contributed by atoms with Crippen LogP contribution in [0, 0.1) is 10.1 Å². The topological polar surface area (TPSA) is 90.2 Å². The van der Waals surface area contributed by atoms with Crippen LogP contribution in [0.3, 0.4) is 0 Å². The van der Waals surface area contributed by atoms with Crippen molar-refractivity contribution in [2.75, 3.05) is 7.05 Å². The summed E-state index contributed by atoms with van der Waals surface area (Å²) < 4.78 is 5.70. The first-order valence-corrected chi connectivity index (χ1v) is 6.47. The van der Waals surface area contributed by atoms with Crippen LogP contribution in [-0.2, 0) is 6.54 Å². The molecule has 0 saturated carbocycles. The Morgan fingerprint density at radius 1 is 1.40 bits per heavy atom. The average Bonchev–Trinajstić information content (AvgIpc) is 2.43. The Bertz CT molecular complexity index is 619. The van der Waals surface area contributed by atoms with Crippen molar-refractivity contribution in [3.05, 3.63) is 50.7 Å². The minimum atomic E-state index is -0.492. The third-order valence-corrected chi connectivity index (χ3v) is 3.20. The molecule has 1 heterocycles. The Hall–Kier alpha value is -2.06. The largest absolute Gasteiger partial charge is 0.423 e. The molecule has 2 aromatic rings. The number of ether oxygens (including phenoxy) is 1. The van der Waals surface area contributed by atoms with E-state index in [2.05, 4.69) is 31.2 Å². The maximum atomic E-state index is 10.8. The summed E-state index contributed by atoms with van der Waals surface area (Å²) in [7, 11) is 1.82. The molecule has 0 atom stereocenters. The van der Waals surface area contributed by atoms with Gasteiger partial charge in [-0.15, -0.1) is 0 Å². The first kappa shape index (κ1) is 14.4. The number of rotatable bonds is 5. The molecule has 2 rings (SSSR count). The highest BCUT2D eigenvalue weighted by Crippen LogP contribution is 2.35. The van der Waals surface area contributed by atoms with E-state index in [0.29, 0.717) is 12.3 Å². The van der Waals surface area contributed by atoms with Gasteiger partial charge in [0.25, 0.3) is 5.69 Å². The SMILES string of the molecule is CNCc1cnc(Oc2cccc([N+](=O)[O-])c2Br)nc1. The van der Waals surface area contributed by atoms with Gasteiger partial charge in [-0.3, -0.25) is 10.1 Å². The molecule has 0 bridgehead atoms. The van der Waals surface area contributed by atoms with Crippen molar-refractivity contribution in [3.8, 4) is 11.8 Å². The molecule has 0 aliphatic rings. The van der Waals surface area contributed by atoms with E-state index in [1.54, 1.807) is 18.5 Å². The molecular weight excluding hydrogens is 328 g/mol. The third-order valence-electron chi connectivity index (χ3n) is 2.40. The number of aromatic nitrogens is 2. The van der Waals surface area contributed by atoms with Crippen LogP contribution in [0.25, 0.3) is 0 Å². The van der Waals surface area contributed by atoms with Crippen molar-refractivity contribution < 1.29 is 9.66 Å². The Labute approximate surface area is 123 Å². The first-order chi connectivity index (χ1) is 9.61. The maximum Gasteiger partial charge on any atom is 0.321 e. The van der Waals surface area contributed by atoms with Crippen LogP contribution >= 0.6 is 15.9 Å². The van der Waals surface area contributed by atoms with E-state index in [1.807, 2.05) is 7.05 Å². The minimum Gasteiger partial charge on any atom is -0.423 e. The quantitative estimate of drug-likeness (QED) is 0.665. The smallest absolute Gasteiger partial charge is 0.321 e. The lowest BCUT2D eigenvalue weighted by Gasteiger charge is -2.06. The molecule has 104 valence electrons. The number of nitrogens with zero attached hydrogens (tertiary/aromatic N) is 3. The Kier molecular flexibility index (Phi) is 4.59. The number of halogens is 1. The van der Waals surface area contributed by atoms with Crippen LogP contribution < -0.4 is 10.1 Å². The van der Waals surface area contributed by atoms with Crippen LogP contribution in [0.15, 0.2) is 35.1 Å². The Balaban J connectivity index is 2.21. The molecule has 0 fully saturated rings. The lowest BCUT2D eigenvalue weighted by Crippen LogP contribution is -2.06. The lowest BCUT2D eigenvalue weighted by atomic mass is 10.3. The summed E-state index contributed by atoms with van der Waals surface area (Å²) in [5.41, 5.74) is 0.840. The van der Waals surface area contributed by atoms with Gasteiger partial charge >= 0.3 is 6.01 Å². The van der Waals surface area contributed by atoms with E-state index < -0.39 is 4.92 Å². The highest BCUT2D eigenvalue weighted by molar-refractivity contribution is 9.10. The zero-order valence-corrected chi connectivity index (χ0v) is 12.1. The van der Waals surface area contributed by atoms with Gasteiger partial charge in [0.15, 0.2) is 5.75 Å². The first-order valence-electron chi connectivity index (χ1n) is 5.68. The molecule has 20 heavy (non-hydrogen) atoms. The van der Waals surface area contributed by atoms with Gasteiger partial charge in [-0.25, -0.2) is 9.97 Å². The normalized spacial score (nSPS) is 10.3. The summed E-state index contributed by atoms with van der Waals surface area (Å²) in [5.74, 6) is 0.292. The van der Waals surface area contributed by atoms with Gasteiger partial charge in [0.1, 0.15) is 4.47 Å². The van der Waals surface area contributed by atoms with Crippen LogP contribution in [0.2, 0.25) is 0 Å². The van der Waals surface area contributed by atoms with E-state index >= 15 is 0 Å². The molecule has 1 N–H and O–H groups in total. The zero-order valence-electron chi connectivity index (χ0n) is 10.5. The fourth-order valence-corrected chi connectivity index (χ4v) is 2.00. The number of nitro groups is 1. The highest BCUT2D eigenvalue weighted by Gasteiger charge is 2.16. The zero-order chi connectivity index (χ0) is 14.5. The van der Waals surface area contributed by atoms with Crippen LogP contribution in [0.1, 0.15) is 5.56 Å². The third kappa shape index (κ3) is 3.28. The predicted octanol–water partition coefficient (Wildman–Crippen LogP) is 2.66. The van der Waals surface area contributed by atoms with E-state index in [4.69, 9.17) is 4.74 Å².